The molecule has 0 atom stereocenters. The second-order valence-electron chi connectivity index (χ2n) is 4.74. The van der Waals surface area contributed by atoms with Crippen LogP contribution in [0.25, 0.3) is 0 Å². The number of anilines is 2. The van der Waals surface area contributed by atoms with Crippen molar-refractivity contribution in [1.82, 2.24) is 9.97 Å². The van der Waals surface area contributed by atoms with Crippen LogP contribution in [0, 0.1) is 0 Å². The van der Waals surface area contributed by atoms with E-state index in [0.717, 1.165) is 24.6 Å². The molecule has 4 nitrogen and oxygen atoms in total. The molecule has 0 radical (unpaired) electrons. The monoisotopic (exact) mass is 258 g/mol. The van der Waals surface area contributed by atoms with Gasteiger partial charge in [-0.3, -0.25) is 0 Å². The maximum atomic E-state index is 4.22. The predicted octanol–water partition coefficient (Wildman–Crippen LogP) is 3.38. The van der Waals surface area contributed by atoms with Crippen molar-refractivity contribution in [2.24, 2.45) is 0 Å². The number of rotatable bonds is 7. The normalized spacial score (nSPS) is 14.6. The van der Waals surface area contributed by atoms with Gasteiger partial charge in [-0.05, 0) is 32.1 Å². The summed E-state index contributed by atoms with van der Waals surface area (Å²) in [5.74, 6) is 1.70. The molecule has 1 aromatic rings. The van der Waals surface area contributed by atoms with Crippen LogP contribution in [0.5, 0.6) is 0 Å². The third kappa shape index (κ3) is 4.73. The largest absolute Gasteiger partial charge is 0.370 e. The molecule has 1 aromatic heterocycles. The second-order valence-corrected chi connectivity index (χ2v) is 4.74. The van der Waals surface area contributed by atoms with Gasteiger partial charge in [0.15, 0.2) is 0 Å². The van der Waals surface area contributed by atoms with Gasteiger partial charge in [-0.25, -0.2) is 9.97 Å². The van der Waals surface area contributed by atoms with Crippen LogP contribution >= 0.6 is 0 Å². The van der Waals surface area contributed by atoms with Gasteiger partial charge in [0.2, 0.25) is 0 Å². The van der Waals surface area contributed by atoms with E-state index in [9.17, 15) is 0 Å². The van der Waals surface area contributed by atoms with Crippen LogP contribution < -0.4 is 10.6 Å². The van der Waals surface area contributed by atoms with Crippen LogP contribution in [0.2, 0.25) is 0 Å². The molecule has 19 heavy (non-hydrogen) atoms. The number of aromatic nitrogens is 2. The number of allylic oxidation sites excluding steroid dienone is 1. The number of hydrogen-bond acceptors (Lipinski definition) is 4. The SMILES string of the molecule is C=CCNc1cc(NCCC2=CCCCC2)ncn1. The van der Waals surface area contributed by atoms with Crippen LogP contribution in [0.15, 0.2) is 36.7 Å². The van der Waals surface area contributed by atoms with Gasteiger partial charge in [0.1, 0.15) is 18.0 Å². The lowest BCUT2D eigenvalue weighted by Crippen LogP contribution is -2.07. The summed E-state index contributed by atoms with van der Waals surface area (Å²) in [5, 5.41) is 6.50. The van der Waals surface area contributed by atoms with E-state index in [1.54, 1.807) is 11.9 Å². The zero-order chi connectivity index (χ0) is 13.3. The van der Waals surface area contributed by atoms with Crippen LogP contribution in [0.3, 0.4) is 0 Å². The topological polar surface area (TPSA) is 49.8 Å². The number of nitrogens with zero attached hydrogens (tertiary/aromatic N) is 2. The molecule has 0 spiro atoms. The van der Waals surface area contributed by atoms with E-state index in [2.05, 4.69) is 33.3 Å². The van der Waals surface area contributed by atoms with Gasteiger partial charge in [-0.1, -0.05) is 17.7 Å². The van der Waals surface area contributed by atoms with Crippen molar-refractivity contribution in [1.29, 1.82) is 0 Å². The molecule has 0 amide bonds. The highest BCUT2D eigenvalue weighted by atomic mass is 15.1. The van der Waals surface area contributed by atoms with E-state index in [-0.39, 0.29) is 0 Å². The zero-order valence-corrected chi connectivity index (χ0v) is 11.4. The highest BCUT2D eigenvalue weighted by Gasteiger charge is 2.03. The molecule has 0 bridgehead atoms. The van der Waals surface area contributed by atoms with Gasteiger partial charge in [0.05, 0.1) is 0 Å². The van der Waals surface area contributed by atoms with Crippen molar-refractivity contribution in [2.45, 2.75) is 32.1 Å². The number of nitrogens with one attached hydrogen (secondary N) is 2. The van der Waals surface area contributed by atoms with E-state index in [1.807, 2.05) is 12.1 Å². The fourth-order valence-corrected chi connectivity index (χ4v) is 2.21. The zero-order valence-electron chi connectivity index (χ0n) is 11.4. The average molecular weight is 258 g/mol. The Kier molecular flexibility index (Phi) is 5.41. The predicted molar refractivity (Wildman–Crippen MR) is 80.4 cm³/mol. The first-order chi connectivity index (χ1) is 9.38. The Labute approximate surface area is 115 Å². The summed E-state index contributed by atoms with van der Waals surface area (Å²) in [6.45, 7) is 5.32. The minimum absolute atomic E-state index is 0.712. The quantitative estimate of drug-likeness (QED) is 0.736. The lowest BCUT2D eigenvalue weighted by molar-refractivity contribution is 0.679. The summed E-state index contributed by atoms with van der Waals surface area (Å²) in [7, 11) is 0. The Morgan fingerprint density at radius 3 is 2.79 bits per heavy atom. The Morgan fingerprint density at radius 1 is 1.21 bits per heavy atom. The van der Waals surface area contributed by atoms with Crippen molar-refractivity contribution >= 4 is 11.6 Å². The van der Waals surface area contributed by atoms with E-state index in [0.29, 0.717) is 6.54 Å². The van der Waals surface area contributed by atoms with Gasteiger partial charge in [-0.2, -0.15) is 0 Å². The molecule has 4 heteroatoms. The standard InChI is InChI=1S/C15H22N4/c1-2-9-16-14-11-15(19-12-18-14)17-10-8-13-6-4-3-5-7-13/h2,6,11-12H,1,3-5,7-10H2,(H2,16,17,18,19). The van der Waals surface area contributed by atoms with E-state index in [4.69, 9.17) is 0 Å². The van der Waals surface area contributed by atoms with Crippen LogP contribution in [0.4, 0.5) is 11.6 Å². The van der Waals surface area contributed by atoms with Crippen molar-refractivity contribution in [3.8, 4) is 0 Å². The van der Waals surface area contributed by atoms with E-state index >= 15 is 0 Å². The summed E-state index contributed by atoms with van der Waals surface area (Å²) in [6, 6.07) is 1.93. The van der Waals surface area contributed by atoms with Crippen LogP contribution in [0.1, 0.15) is 32.1 Å². The first-order valence-electron chi connectivity index (χ1n) is 6.97. The fourth-order valence-electron chi connectivity index (χ4n) is 2.21. The maximum absolute atomic E-state index is 4.22. The second kappa shape index (κ2) is 7.56. The third-order valence-corrected chi connectivity index (χ3v) is 3.23. The number of hydrogen-bond donors (Lipinski definition) is 2. The summed E-state index contributed by atoms with van der Waals surface area (Å²) in [6.07, 6.45) is 12.1. The first kappa shape index (κ1) is 13.6. The van der Waals surface area contributed by atoms with Crippen LogP contribution in [-0.4, -0.2) is 23.1 Å². The Morgan fingerprint density at radius 2 is 2.05 bits per heavy atom. The lowest BCUT2D eigenvalue weighted by Gasteiger charge is -2.13. The van der Waals surface area contributed by atoms with Gasteiger partial charge in [0, 0.05) is 19.2 Å². The molecule has 0 fully saturated rings. The van der Waals surface area contributed by atoms with Crippen molar-refractivity contribution in [3.05, 3.63) is 36.7 Å². The third-order valence-electron chi connectivity index (χ3n) is 3.23. The molecule has 1 heterocycles. The summed E-state index contributed by atoms with van der Waals surface area (Å²) in [4.78, 5) is 8.38. The first-order valence-corrected chi connectivity index (χ1v) is 6.97. The molecule has 2 N–H and O–H groups in total. The van der Waals surface area contributed by atoms with Crippen molar-refractivity contribution in [2.75, 3.05) is 23.7 Å². The van der Waals surface area contributed by atoms with Gasteiger partial charge >= 0.3 is 0 Å². The van der Waals surface area contributed by atoms with Crippen LogP contribution in [-0.2, 0) is 0 Å². The van der Waals surface area contributed by atoms with E-state index < -0.39 is 0 Å². The van der Waals surface area contributed by atoms with Gasteiger partial charge in [-0.15, -0.1) is 6.58 Å². The highest BCUT2D eigenvalue weighted by molar-refractivity contribution is 5.46. The lowest BCUT2D eigenvalue weighted by atomic mass is 9.97. The summed E-state index contributed by atoms with van der Waals surface area (Å²) < 4.78 is 0. The summed E-state index contributed by atoms with van der Waals surface area (Å²) in [5.41, 5.74) is 1.58. The molecule has 0 saturated carbocycles. The molecule has 0 unspecified atom stereocenters. The molecule has 1 aliphatic carbocycles. The van der Waals surface area contributed by atoms with E-state index in [1.165, 1.54) is 25.7 Å². The maximum Gasteiger partial charge on any atom is 0.131 e. The van der Waals surface area contributed by atoms with Crippen molar-refractivity contribution in [3.63, 3.8) is 0 Å². The van der Waals surface area contributed by atoms with Gasteiger partial charge < -0.3 is 10.6 Å². The Balaban J connectivity index is 1.78. The molecular weight excluding hydrogens is 236 g/mol. The minimum atomic E-state index is 0.712. The molecule has 2 rings (SSSR count). The molecule has 0 saturated heterocycles. The average Bonchev–Trinajstić information content (AvgIpc) is 2.47. The molecular formula is C15H22N4. The fraction of sp³-hybridized carbons (Fsp3) is 0.467. The smallest absolute Gasteiger partial charge is 0.131 e. The highest BCUT2D eigenvalue weighted by Crippen LogP contribution is 2.20. The Bertz CT molecular complexity index is 440. The minimum Gasteiger partial charge on any atom is -0.370 e. The molecule has 0 aliphatic heterocycles. The Hall–Kier alpha value is -1.84. The molecule has 0 aromatic carbocycles. The molecule has 1 aliphatic rings. The summed E-state index contributed by atoms with van der Waals surface area (Å²) >= 11 is 0. The van der Waals surface area contributed by atoms with Gasteiger partial charge in [0.25, 0.3) is 0 Å². The molecule has 102 valence electrons. The van der Waals surface area contributed by atoms with Crippen molar-refractivity contribution < 1.29 is 0 Å².